The van der Waals surface area contributed by atoms with Gasteiger partial charge in [-0.3, -0.25) is 14.3 Å². The third kappa shape index (κ3) is 2.55. The van der Waals surface area contributed by atoms with E-state index in [9.17, 15) is 4.79 Å². The topological polar surface area (TPSA) is 66.3 Å². The van der Waals surface area contributed by atoms with Crippen molar-refractivity contribution in [3.8, 4) is 0 Å². The van der Waals surface area contributed by atoms with Crippen molar-refractivity contribution in [2.24, 2.45) is 0 Å². The van der Waals surface area contributed by atoms with Gasteiger partial charge in [0.1, 0.15) is 0 Å². The predicted octanol–water partition coefficient (Wildman–Crippen LogP) is 2.37. The molecule has 1 N–H and O–H groups in total. The molecule has 23 heavy (non-hydrogen) atoms. The van der Waals surface area contributed by atoms with E-state index in [4.69, 9.17) is 0 Å². The summed E-state index contributed by atoms with van der Waals surface area (Å²) in [6.07, 6.45) is 5.11. The summed E-state index contributed by atoms with van der Waals surface area (Å²) >= 11 is 1.58. The Hall–Kier alpha value is -2.15. The maximum absolute atomic E-state index is 12.6. The van der Waals surface area contributed by atoms with Crippen LogP contribution < -0.4 is 0 Å². The van der Waals surface area contributed by atoms with Crippen LogP contribution in [0.3, 0.4) is 0 Å². The molecule has 3 aromatic rings. The third-order valence-corrected chi connectivity index (χ3v) is 5.11. The van der Waals surface area contributed by atoms with Gasteiger partial charge in [0.05, 0.1) is 17.8 Å². The second-order valence-corrected chi connectivity index (χ2v) is 7.16. The highest BCUT2D eigenvalue weighted by Gasteiger charge is 2.26. The SMILES string of the molecule is CC(C)c1n[nH]c2c1CN(C(=O)Cc1cn3ccsc3n1)CC2. The standard InChI is InChI=1S/C16H19N5OS/c1-10(2)15-12-9-20(4-3-13(12)18-19-15)14(22)7-11-8-21-5-6-23-16(21)17-11/h5-6,8,10H,3-4,7,9H2,1-2H3,(H,18,19). The fourth-order valence-corrected chi connectivity index (χ4v) is 3.85. The van der Waals surface area contributed by atoms with Crippen LogP contribution in [0, 0.1) is 0 Å². The van der Waals surface area contributed by atoms with Gasteiger partial charge in [0, 0.05) is 48.5 Å². The van der Waals surface area contributed by atoms with Crippen LogP contribution in [0.4, 0.5) is 0 Å². The second-order valence-electron chi connectivity index (χ2n) is 6.29. The van der Waals surface area contributed by atoms with Crippen LogP contribution >= 0.6 is 11.3 Å². The molecule has 0 aromatic carbocycles. The Morgan fingerprint density at radius 1 is 1.48 bits per heavy atom. The number of fused-ring (bicyclic) bond motifs is 2. The molecule has 1 aliphatic rings. The zero-order valence-electron chi connectivity index (χ0n) is 13.2. The van der Waals surface area contributed by atoms with Crippen molar-refractivity contribution in [1.82, 2.24) is 24.5 Å². The number of aromatic nitrogens is 4. The fourth-order valence-electron chi connectivity index (χ4n) is 3.14. The lowest BCUT2D eigenvalue weighted by Crippen LogP contribution is -2.37. The van der Waals surface area contributed by atoms with Crippen LogP contribution in [0.2, 0.25) is 0 Å². The smallest absolute Gasteiger partial charge is 0.228 e. The average Bonchev–Trinajstić information content (AvgIpc) is 3.19. The van der Waals surface area contributed by atoms with E-state index in [1.165, 1.54) is 11.3 Å². The van der Waals surface area contributed by atoms with E-state index >= 15 is 0 Å². The number of carbonyl (C=O) groups excluding carboxylic acids is 1. The summed E-state index contributed by atoms with van der Waals surface area (Å²) in [5.74, 6) is 0.502. The number of nitrogens with one attached hydrogen (secondary N) is 1. The fraction of sp³-hybridized carbons (Fsp3) is 0.438. The van der Waals surface area contributed by atoms with Gasteiger partial charge in [0.15, 0.2) is 4.96 Å². The molecule has 4 rings (SSSR count). The summed E-state index contributed by atoms with van der Waals surface area (Å²) in [7, 11) is 0. The molecule has 1 aliphatic heterocycles. The van der Waals surface area contributed by atoms with Crippen LogP contribution in [0.1, 0.15) is 42.4 Å². The molecule has 0 saturated heterocycles. The van der Waals surface area contributed by atoms with Crippen LogP contribution in [-0.2, 0) is 24.2 Å². The zero-order valence-corrected chi connectivity index (χ0v) is 14.1. The summed E-state index contributed by atoms with van der Waals surface area (Å²) in [5, 5.41) is 9.54. The predicted molar refractivity (Wildman–Crippen MR) is 88.6 cm³/mol. The number of hydrogen-bond donors (Lipinski definition) is 1. The van der Waals surface area contributed by atoms with Gasteiger partial charge < -0.3 is 4.90 Å². The van der Waals surface area contributed by atoms with Gasteiger partial charge in [-0.2, -0.15) is 5.10 Å². The number of nitrogens with zero attached hydrogens (tertiary/aromatic N) is 4. The van der Waals surface area contributed by atoms with E-state index < -0.39 is 0 Å². The number of amides is 1. The highest BCUT2D eigenvalue weighted by molar-refractivity contribution is 7.15. The van der Waals surface area contributed by atoms with E-state index in [0.717, 1.165) is 29.3 Å². The summed E-state index contributed by atoms with van der Waals surface area (Å²) in [6.45, 7) is 5.66. The number of H-pyrrole nitrogens is 1. The maximum atomic E-state index is 12.6. The number of carbonyl (C=O) groups is 1. The first kappa shape index (κ1) is 14.4. The van der Waals surface area contributed by atoms with Gasteiger partial charge in [-0.15, -0.1) is 11.3 Å². The van der Waals surface area contributed by atoms with E-state index in [-0.39, 0.29) is 5.91 Å². The Morgan fingerprint density at radius 2 is 2.35 bits per heavy atom. The molecule has 0 fully saturated rings. The van der Waals surface area contributed by atoms with E-state index in [0.29, 0.717) is 18.9 Å². The van der Waals surface area contributed by atoms with Crippen molar-refractivity contribution >= 4 is 22.2 Å². The number of hydrogen-bond acceptors (Lipinski definition) is 4. The molecule has 1 amide bonds. The first-order chi connectivity index (χ1) is 11.1. The highest BCUT2D eigenvalue weighted by atomic mass is 32.1. The van der Waals surface area contributed by atoms with Crippen LogP contribution in [0.15, 0.2) is 17.8 Å². The van der Waals surface area contributed by atoms with Crippen molar-refractivity contribution in [1.29, 1.82) is 0 Å². The van der Waals surface area contributed by atoms with Gasteiger partial charge in [0.25, 0.3) is 0 Å². The van der Waals surface area contributed by atoms with Crippen molar-refractivity contribution in [2.75, 3.05) is 6.54 Å². The molecule has 0 atom stereocenters. The Bertz CT molecular complexity index is 830. The number of thiazole rings is 1. The van der Waals surface area contributed by atoms with Gasteiger partial charge in [-0.25, -0.2) is 4.98 Å². The molecule has 0 unspecified atom stereocenters. The van der Waals surface area contributed by atoms with Gasteiger partial charge in [-0.1, -0.05) is 13.8 Å². The molecule has 0 bridgehead atoms. The van der Waals surface area contributed by atoms with Crippen molar-refractivity contribution in [3.63, 3.8) is 0 Å². The Morgan fingerprint density at radius 3 is 3.13 bits per heavy atom. The Labute approximate surface area is 138 Å². The minimum Gasteiger partial charge on any atom is -0.338 e. The lowest BCUT2D eigenvalue weighted by Gasteiger charge is -2.27. The molecule has 0 saturated carbocycles. The molecule has 0 spiro atoms. The van der Waals surface area contributed by atoms with E-state index in [1.807, 2.05) is 27.1 Å². The largest absolute Gasteiger partial charge is 0.338 e. The Balaban J connectivity index is 1.51. The van der Waals surface area contributed by atoms with Gasteiger partial charge in [0.2, 0.25) is 5.91 Å². The summed E-state index contributed by atoms with van der Waals surface area (Å²) in [6, 6.07) is 0. The number of rotatable bonds is 3. The average molecular weight is 329 g/mol. The second kappa shape index (κ2) is 5.49. The lowest BCUT2D eigenvalue weighted by molar-refractivity contribution is -0.131. The Kier molecular flexibility index (Phi) is 3.45. The molecule has 0 radical (unpaired) electrons. The first-order valence-corrected chi connectivity index (χ1v) is 8.74. The molecular formula is C16H19N5OS. The maximum Gasteiger partial charge on any atom is 0.228 e. The number of aromatic amines is 1. The summed E-state index contributed by atoms with van der Waals surface area (Å²) in [5.41, 5.74) is 4.30. The van der Waals surface area contributed by atoms with Crippen LogP contribution in [-0.4, -0.2) is 36.9 Å². The zero-order chi connectivity index (χ0) is 16.0. The monoisotopic (exact) mass is 329 g/mol. The molecule has 7 heteroatoms. The molecule has 120 valence electrons. The van der Waals surface area contributed by atoms with Crippen molar-refractivity contribution in [2.45, 2.75) is 39.2 Å². The van der Waals surface area contributed by atoms with E-state index in [1.54, 1.807) is 11.3 Å². The molecule has 6 nitrogen and oxygen atoms in total. The van der Waals surface area contributed by atoms with Crippen LogP contribution in [0.5, 0.6) is 0 Å². The van der Waals surface area contributed by atoms with Gasteiger partial charge >= 0.3 is 0 Å². The van der Waals surface area contributed by atoms with Crippen molar-refractivity contribution < 1.29 is 4.79 Å². The van der Waals surface area contributed by atoms with Crippen LogP contribution in [0.25, 0.3) is 4.96 Å². The van der Waals surface area contributed by atoms with E-state index in [2.05, 4.69) is 29.0 Å². The molecule has 3 aromatic heterocycles. The highest BCUT2D eigenvalue weighted by Crippen LogP contribution is 2.25. The number of imidazole rings is 1. The third-order valence-electron chi connectivity index (χ3n) is 4.34. The normalized spacial score (nSPS) is 14.7. The summed E-state index contributed by atoms with van der Waals surface area (Å²) < 4.78 is 1.97. The quantitative estimate of drug-likeness (QED) is 0.802. The summed E-state index contributed by atoms with van der Waals surface area (Å²) in [4.78, 5) is 20.0. The van der Waals surface area contributed by atoms with Crippen molar-refractivity contribution in [3.05, 3.63) is 40.4 Å². The molecular weight excluding hydrogens is 310 g/mol. The van der Waals surface area contributed by atoms with Gasteiger partial charge in [-0.05, 0) is 5.92 Å². The molecule has 0 aliphatic carbocycles. The minimum absolute atomic E-state index is 0.136. The lowest BCUT2D eigenvalue weighted by atomic mass is 9.99. The molecule has 4 heterocycles. The minimum atomic E-state index is 0.136. The first-order valence-electron chi connectivity index (χ1n) is 7.86.